The van der Waals surface area contributed by atoms with Crippen LogP contribution >= 0.6 is 0 Å². The number of rotatable bonds is 3. The van der Waals surface area contributed by atoms with Gasteiger partial charge in [-0.25, -0.2) is 0 Å². The summed E-state index contributed by atoms with van der Waals surface area (Å²) in [5.74, 6) is 0.379. The van der Waals surface area contributed by atoms with Gasteiger partial charge in [0.05, 0.1) is 4.92 Å². The van der Waals surface area contributed by atoms with E-state index in [0.29, 0.717) is 5.92 Å². The summed E-state index contributed by atoms with van der Waals surface area (Å²) >= 11 is 0. The normalized spacial score (nSPS) is 15.1. The molecule has 0 saturated heterocycles. The molecular weight excluding hydrogens is 178 g/mol. The van der Waals surface area contributed by atoms with Crippen LogP contribution in [0, 0.1) is 10.1 Å². The molecule has 0 amide bonds. The fourth-order valence-electron chi connectivity index (χ4n) is 1.72. The lowest BCUT2D eigenvalue weighted by Crippen LogP contribution is -1.96. The van der Waals surface area contributed by atoms with Crippen LogP contribution in [0.3, 0.4) is 0 Å². The Morgan fingerprint density at radius 1 is 1.50 bits per heavy atom. The third-order valence-corrected chi connectivity index (χ3v) is 2.52. The first-order chi connectivity index (χ1) is 6.74. The van der Waals surface area contributed by atoms with E-state index < -0.39 is 0 Å². The molecule has 0 heterocycles. The van der Waals surface area contributed by atoms with E-state index in [1.54, 1.807) is 18.2 Å². The summed E-state index contributed by atoms with van der Waals surface area (Å²) < 4.78 is 0. The van der Waals surface area contributed by atoms with Crippen LogP contribution in [-0.2, 0) is 0 Å². The van der Waals surface area contributed by atoms with E-state index in [4.69, 9.17) is 0 Å². The summed E-state index contributed by atoms with van der Waals surface area (Å²) in [7, 11) is 0. The van der Waals surface area contributed by atoms with Crippen LogP contribution in [0.4, 0.5) is 5.69 Å². The van der Waals surface area contributed by atoms with Gasteiger partial charge < -0.3 is 0 Å². The average molecular weight is 189 g/mol. The number of nitrogens with zero attached hydrogens (tertiary/aromatic N) is 1. The second kappa shape index (κ2) is 3.25. The van der Waals surface area contributed by atoms with Crippen molar-refractivity contribution in [1.82, 2.24) is 0 Å². The molecule has 3 heteroatoms. The molecule has 0 aromatic heterocycles. The molecule has 3 nitrogen and oxygen atoms in total. The molecule has 1 aliphatic carbocycles. The van der Waals surface area contributed by atoms with E-state index in [-0.39, 0.29) is 10.6 Å². The lowest BCUT2D eigenvalue weighted by Gasteiger charge is -2.04. The van der Waals surface area contributed by atoms with Crippen molar-refractivity contribution in [3.05, 3.63) is 46.0 Å². The van der Waals surface area contributed by atoms with Crippen LogP contribution < -0.4 is 0 Å². The predicted molar refractivity (Wildman–Crippen MR) is 55.2 cm³/mol. The van der Waals surface area contributed by atoms with Gasteiger partial charge in [-0.1, -0.05) is 24.8 Å². The maximum Gasteiger partial charge on any atom is 0.273 e. The molecule has 1 saturated carbocycles. The molecule has 0 bridgehead atoms. The summed E-state index contributed by atoms with van der Waals surface area (Å²) in [6.45, 7) is 3.68. The van der Waals surface area contributed by atoms with E-state index in [1.165, 1.54) is 0 Å². The lowest BCUT2D eigenvalue weighted by molar-refractivity contribution is -0.385. The molecule has 2 rings (SSSR count). The van der Waals surface area contributed by atoms with E-state index in [9.17, 15) is 10.1 Å². The standard InChI is InChI=1S/C11H11NO2/c1-2-8-4-3-5-10(12(13)14)11(8)9-6-7-9/h2-5,9H,1,6-7H2. The van der Waals surface area contributed by atoms with Gasteiger partial charge in [0.25, 0.3) is 5.69 Å². The Morgan fingerprint density at radius 2 is 2.21 bits per heavy atom. The van der Waals surface area contributed by atoms with Crippen molar-refractivity contribution in [1.29, 1.82) is 0 Å². The van der Waals surface area contributed by atoms with Crippen LogP contribution in [0.5, 0.6) is 0 Å². The van der Waals surface area contributed by atoms with E-state index >= 15 is 0 Å². The minimum absolute atomic E-state index is 0.241. The Hall–Kier alpha value is -1.64. The smallest absolute Gasteiger partial charge is 0.258 e. The summed E-state index contributed by atoms with van der Waals surface area (Å²) in [6, 6.07) is 5.16. The maximum atomic E-state index is 10.8. The lowest BCUT2D eigenvalue weighted by atomic mass is 10.0. The second-order valence-electron chi connectivity index (χ2n) is 3.52. The zero-order valence-corrected chi connectivity index (χ0v) is 7.77. The van der Waals surface area contributed by atoms with Crippen molar-refractivity contribution in [2.24, 2.45) is 0 Å². The highest BCUT2D eigenvalue weighted by atomic mass is 16.6. The number of nitro benzene ring substituents is 1. The van der Waals surface area contributed by atoms with Crippen LogP contribution in [0.2, 0.25) is 0 Å². The molecule has 0 N–H and O–H groups in total. The molecule has 0 atom stereocenters. The predicted octanol–water partition coefficient (Wildman–Crippen LogP) is 3.12. The first-order valence-electron chi connectivity index (χ1n) is 4.63. The van der Waals surface area contributed by atoms with Crippen LogP contribution in [0.15, 0.2) is 24.8 Å². The van der Waals surface area contributed by atoms with Gasteiger partial charge in [-0.15, -0.1) is 0 Å². The Balaban J connectivity index is 2.57. The largest absolute Gasteiger partial charge is 0.273 e. The third kappa shape index (κ3) is 1.41. The Kier molecular flexibility index (Phi) is 2.08. The molecule has 0 aliphatic heterocycles. The molecule has 1 aliphatic rings. The van der Waals surface area contributed by atoms with Crippen LogP contribution in [-0.4, -0.2) is 4.92 Å². The molecule has 14 heavy (non-hydrogen) atoms. The number of hydrogen-bond donors (Lipinski definition) is 0. The van der Waals surface area contributed by atoms with Gasteiger partial charge in [0.15, 0.2) is 0 Å². The van der Waals surface area contributed by atoms with Crippen molar-refractivity contribution in [3.8, 4) is 0 Å². The van der Waals surface area contributed by atoms with Crippen LogP contribution in [0.25, 0.3) is 6.08 Å². The molecular formula is C11H11NO2. The van der Waals surface area contributed by atoms with Crippen molar-refractivity contribution in [3.63, 3.8) is 0 Å². The number of hydrogen-bond acceptors (Lipinski definition) is 2. The topological polar surface area (TPSA) is 43.1 Å². The van der Waals surface area contributed by atoms with Crippen LogP contribution in [0.1, 0.15) is 29.9 Å². The van der Waals surface area contributed by atoms with Gasteiger partial charge in [-0.05, 0) is 24.3 Å². The van der Waals surface area contributed by atoms with Crippen molar-refractivity contribution < 1.29 is 4.92 Å². The zero-order valence-electron chi connectivity index (χ0n) is 7.77. The minimum atomic E-state index is -0.305. The van der Waals surface area contributed by atoms with E-state index in [2.05, 4.69) is 6.58 Å². The molecule has 72 valence electrons. The summed E-state index contributed by atoms with van der Waals surface area (Å²) in [6.07, 6.45) is 3.82. The highest BCUT2D eigenvalue weighted by Gasteiger charge is 2.32. The molecule has 1 fully saturated rings. The van der Waals surface area contributed by atoms with Gasteiger partial charge in [0.2, 0.25) is 0 Å². The SMILES string of the molecule is C=Cc1cccc([N+](=O)[O-])c1C1CC1. The minimum Gasteiger partial charge on any atom is -0.258 e. The monoisotopic (exact) mass is 189 g/mol. The average Bonchev–Trinajstić information content (AvgIpc) is 2.99. The highest BCUT2D eigenvalue weighted by molar-refractivity contribution is 5.61. The zero-order chi connectivity index (χ0) is 10.1. The number of benzene rings is 1. The third-order valence-electron chi connectivity index (χ3n) is 2.52. The summed E-state index contributed by atoms with van der Waals surface area (Å²) in [5, 5.41) is 10.8. The van der Waals surface area contributed by atoms with E-state index in [0.717, 1.165) is 24.0 Å². The fraction of sp³-hybridized carbons (Fsp3) is 0.273. The first kappa shape index (κ1) is 8.94. The molecule has 1 aromatic carbocycles. The number of nitro groups is 1. The molecule has 0 spiro atoms. The van der Waals surface area contributed by atoms with Crippen molar-refractivity contribution >= 4 is 11.8 Å². The van der Waals surface area contributed by atoms with Crippen molar-refractivity contribution in [2.75, 3.05) is 0 Å². The summed E-state index contributed by atoms with van der Waals surface area (Å²) in [4.78, 5) is 10.5. The fourth-order valence-corrected chi connectivity index (χ4v) is 1.72. The van der Waals surface area contributed by atoms with Crippen molar-refractivity contribution in [2.45, 2.75) is 18.8 Å². The van der Waals surface area contributed by atoms with Gasteiger partial charge in [0.1, 0.15) is 0 Å². The van der Waals surface area contributed by atoms with Gasteiger partial charge in [0, 0.05) is 11.6 Å². The first-order valence-corrected chi connectivity index (χ1v) is 4.63. The Bertz CT molecular complexity index is 394. The van der Waals surface area contributed by atoms with Gasteiger partial charge >= 0.3 is 0 Å². The van der Waals surface area contributed by atoms with Gasteiger partial charge in [-0.3, -0.25) is 10.1 Å². The Labute approximate surface area is 82.2 Å². The summed E-state index contributed by atoms with van der Waals surface area (Å²) in [5.41, 5.74) is 2.01. The van der Waals surface area contributed by atoms with Gasteiger partial charge in [-0.2, -0.15) is 0 Å². The molecule has 1 aromatic rings. The highest BCUT2D eigenvalue weighted by Crippen LogP contribution is 2.45. The maximum absolute atomic E-state index is 10.8. The second-order valence-corrected chi connectivity index (χ2v) is 3.52. The molecule has 0 radical (unpaired) electrons. The molecule has 0 unspecified atom stereocenters. The Morgan fingerprint density at radius 3 is 2.71 bits per heavy atom. The van der Waals surface area contributed by atoms with E-state index in [1.807, 2.05) is 6.07 Å². The quantitative estimate of drug-likeness (QED) is 0.541.